The number of hydrogen-bond donors (Lipinski definition) is 0. The number of rotatable bonds is 0. The maximum atomic E-state index is 6.41. The SMILES string of the molecule is C=C1C(=C)c2c(cc(C)c3ccccc23)C2=C=C1CC(C)(C)C(C)O2. The van der Waals surface area contributed by atoms with Gasteiger partial charge in [-0.1, -0.05) is 57.0 Å². The lowest BCUT2D eigenvalue weighted by Gasteiger charge is -2.33. The van der Waals surface area contributed by atoms with Gasteiger partial charge in [-0.25, -0.2) is 0 Å². The van der Waals surface area contributed by atoms with Crippen molar-refractivity contribution in [2.24, 2.45) is 5.41 Å². The Hall–Kier alpha value is -2.50. The third-order valence-corrected chi connectivity index (χ3v) is 5.82. The Balaban J connectivity index is 2.08. The number of allylic oxidation sites excluding steroid dienone is 3. The molecule has 0 N–H and O–H groups in total. The van der Waals surface area contributed by atoms with E-state index in [2.05, 4.69) is 76.9 Å². The van der Waals surface area contributed by atoms with Gasteiger partial charge in [0.15, 0.2) is 5.76 Å². The van der Waals surface area contributed by atoms with Crippen LogP contribution >= 0.6 is 0 Å². The van der Waals surface area contributed by atoms with Crippen LogP contribution in [-0.4, -0.2) is 6.10 Å². The minimum Gasteiger partial charge on any atom is -0.482 e. The van der Waals surface area contributed by atoms with E-state index < -0.39 is 0 Å². The molecule has 1 atom stereocenters. The molecule has 0 amide bonds. The monoisotopic (exact) mass is 328 g/mol. The summed E-state index contributed by atoms with van der Waals surface area (Å²) in [5.41, 5.74) is 10.1. The van der Waals surface area contributed by atoms with Gasteiger partial charge in [0, 0.05) is 22.1 Å². The zero-order chi connectivity index (χ0) is 17.9. The highest BCUT2D eigenvalue weighted by Crippen LogP contribution is 2.46. The molecule has 1 aliphatic carbocycles. The first kappa shape index (κ1) is 16.0. The fourth-order valence-electron chi connectivity index (χ4n) is 3.85. The predicted octanol–water partition coefficient (Wildman–Crippen LogP) is 6.43. The number of fused-ring (bicyclic) bond motifs is 4. The molecule has 0 radical (unpaired) electrons. The van der Waals surface area contributed by atoms with Crippen molar-refractivity contribution in [1.82, 2.24) is 0 Å². The summed E-state index contributed by atoms with van der Waals surface area (Å²) in [5, 5.41) is 2.46. The fourth-order valence-corrected chi connectivity index (χ4v) is 3.85. The maximum Gasteiger partial charge on any atom is 0.170 e. The number of benzene rings is 2. The quantitative estimate of drug-likeness (QED) is 0.506. The lowest BCUT2D eigenvalue weighted by Crippen LogP contribution is -2.29. The van der Waals surface area contributed by atoms with Crippen LogP contribution in [0.15, 0.2) is 60.4 Å². The van der Waals surface area contributed by atoms with Crippen molar-refractivity contribution in [3.8, 4) is 0 Å². The van der Waals surface area contributed by atoms with Crippen molar-refractivity contribution < 1.29 is 4.74 Å². The average Bonchev–Trinajstić information content (AvgIpc) is 2.75. The minimum atomic E-state index is 0.0245. The predicted molar refractivity (Wildman–Crippen MR) is 106 cm³/mol. The highest BCUT2D eigenvalue weighted by Gasteiger charge is 2.35. The van der Waals surface area contributed by atoms with E-state index in [1.54, 1.807) is 0 Å². The Kier molecular flexibility index (Phi) is 3.36. The molecule has 0 spiro atoms. The summed E-state index contributed by atoms with van der Waals surface area (Å²) in [7, 11) is 0. The molecule has 1 aliphatic heterocycles. The van der Waals surface area contributed by atoms with Gasteiger partial charge in [0.2, 0.25) is 0 Å². The zero-order valence-corrected chi connectivity index (χ0v) is 15.5. The molecule has 0 fully saturated rings. The molecule has 4 rings (SSSR count). The lowest BCUT2D eigenvalue weighted by molar-refractivity contribution is 0.0683. The summed E-state index contributed by atoms with van der Waals surface area (Å²) in [6.45, 7) is 17.6. The largest absolute Gasteiger partial charge is 0.482 e. The van der Waals surface area contributed by atoms with Gasteiger partial charge in [-0.05, 0) is 53.8 Å². The van der Waals surface area contributed by atoms with Crippen LogP contribution in [0.5, 0.6) is 0 Å². The summed E-state index contributed by atoms with van der Waals surface area (Å²) in [5.74, 6) is 0.830. The molecule has 1 heterocycles. The molecule has 2 aromatic carbocycles. The Labute approximate surface area is 150 Å². The Morgan fingerprint density at radius 1 is 1.12 bits per heavy atom. The zero-order valence-electron chi connectivity index (χ0n) is 15.5. The van der Waals surface area contributed by atoms with Crippen LogP contribution in [0.1, 0.15) is 43.9 Å². The molecule has 2 aliphatic rings. The van der Waals surface area contributed by atoms with E-state index >= 15 is 0 Å². The molecule has 0 saturated heterocycles. The lowest BCUT2D eigenvalue weighted by atomic mass is 9.78. The molecular weight excluding hydrogens is 304 g/mol. The van der Waals surface area contributed by atoms with Gasteiger partial charge in [0.05, 0.1) is 0 Å². The van der Waals surface area contributed by atoms with E-state index in [4.69, 9.17) is 4.74 Å². The second kappa shape index (κ2) is 5.25. The highest BCUT2D eigenvalue weighted by atomic mass is 16.5. The van der Waals surface area contributed by atoms with Crippen LogP contribution in [0.25, 0.3) is 22.1 Å². The molecular formula is C24H24O. The Morgan fingerprint density at radius 3 is 2.52 bits per heavy atom. The van der Waals surface area contributed by atoms with E-state index in [-0.39, 0.29) is 11.5 Å². The first-order chi connectivity index (χ1) is 11.8. The van der Waals surface area contributed by atoms with Crippen LogP contribution in [-0.2, 0) is 4.74 Å². The second-order valence-corrected chi connectivity index (χ2v) is 7.98. The van der Waals surface area contributed by atoms with E-state index in [0.717, 1.165) is 40.0 Å². The molecule has 25 heavy (non-hydrogen) atoms. The Bertz CT molecular complexity index is 1010. The van der Waals surface area contributed by atoms with Gasteiger partial charge in [-0.15, -0.1) is 0 Å². The van der Waals surface area contributed by atoms with Gasteiger partial charge in [0.25, 0.3) is 0 Å². The van der Waals surface area contributed by atoms with Crippen molar-refractivity contribution in [3.63, 3.8) is 0 Å². The van der Waals surface area contributed by atoms with Gasteiger partial charge in [-0.3, -0.25) is 0 Å². The maximum absolute atomic E-state index is 6.41. The number of aryl methyl sites for hydroxylation is 1. The summed E-state index contributed by atoms with van der Waals surface area (Å²) in [6.07, 6.45) is 0.992. The highest BCUT2D eigenvalue weighted by molar-refractivity contribution is 6.04. The molecule has 0 saturated carbocycles. The van der Waals surface area contributed by atoms with Crippen molar-refractivity contribution >= 4 is 22.1 Å². The first-order valence-electron chi connectivity index (χ1n) is 8.87. The normalized spacial score (nSPS) is 21.7. The van der Waals surface area contributed by atoms with Gasteiger partial charge >= 0.3 is 0 Å². The summed E-state index contributed by atoms with van der Waals surface area (Å²) >= 11 is 0. The smallest absolute Gasteiger partial charge is 0.170 e. The van der Waals surface area contributed by atoms with Crippen molar-refractivity contribution in [2.45, 2.75) is 40.2 Å². The molecule has 2 aromatic rings. The number of ether oxygens (including phenoxy) is 1. The summed E-state index contributed by atoms with van der Waals surface area (Å²) < 4.78 is 6.41. The van der Waals surface area contributed by atoms with Gasteiger partial charge in [0.1, 0.15) is 6.10 Å². The molecule has 126 valence electrons. The van der Waals surface area contributed by atoms with Gasteiger partial charge in [-0.2, -0.15) is 0 Å². The van der Waals surface area contributed by atoms with Crippen LogP contribution in [0.2, 0.25) is 0 Å². The van der Waals surface area contributed by atoms with Crippen molar-refractivity contribution in [2.75, 3.05) is 0 Å². The topological polar surface area (TPSA) is 9.23 Å². The van der Waals surface area contributed by atoms with E-state index in [9.17, 15) is 0 Å². The van der Waals surface area contributed by atoms with Gasteiger partial charge < -0.3 is 4.74 Å². The van der Waals surface area contributed by atoms with Crippen LogP contribution < -0.4 is 0 Å². The van der Waals surface area contributed by atoms with Crippen molar-refractivity contribution in [3.05, 3.63) is 77.1 Å². The molecule has 1 nitrogen and oxygen atoms in total. The molecule has 1 unspecified atom stereocenters. The molecule has 2 bridgehead atoms. The summed E-state index contributed by atoms with van der Waals surface area (Å²) in [6, 6.07) is 10.7. The number of hydrogen-bond acceptors (Lipinski definition) is 1. The van der Waals surface area contributed by atoms with E-state index in [1.807, 2.05) is 0 Å². The van der Waals surface area contributed by atoms with Crippen LogP contribution in [0.3, 0.4) is 0 Å². The Morgan fingerprint density at radius 2 is 1.80 bits per heavy atom. The van der Waals surface area contributed by atoms with E-state index in [0.29, 0.717) is 0 Å². The molecule has 0 aromatic heterocycles. The average molecular weight is 328 g/mol. The fraction of sp³-hybridized carbons (Fsp3) is 0.292. The standard InChI is InChI=1S/C24H24O/c1-14-11-21-22-12-18(13-24(5,6)17(4)25-22)15(2)16(3)23(21)20-10-8-7-9-19(14)20/h7-11,17H,2-3,13H2,1,4-6H3. The van der Waals surface area contributed by atoms with Crippen LogP contribution in [0.4, 0.5) is 0 Å². The minimum absolute atomic E-state index is 0.0245. The van der Waals surface area contributed by atoms with Crippen LogP contribution in [0, 0.1) is 12.3 Å². The second-order valence-electron chi connectivity index (χ2n) is 7.98. The van der Waals surface area contributed by atoms with Crippen molar-refractivity contribution in [1.29, 1.82) is 0 Å². The molecule has 1 heteroatoms. The third-order valence-electron chi connectivity index (χ3n) is 5.82. The third kappa shape index (κ3) is 2.31. The summed E-state index contributed by atoms with van der Waals surface area (Å²) in [4.78, 5) is 0. The van der Waals surface area contributed by atoms with E-state index in [1.165, 1.54) is 16.3 Å². The first-order valence-corrected chi connectivity index (χ1v) is 8.87.